The molecule has 3 aromatic rings. The predicted octanol–water partition coefficient (Wildman–Crippen LogP) is 1.79. The highest BCUT2D eigenvalue weighted by atomic mass is 16.2. The molecular weight excluding hydrogens is 340 g/mol. The number of amides is 1. The van der Waals surface area contributed by atoms with E-state index in [9.17, 15) is 4.79 Å². The predicted molar refractivity (Wildman–Crippen MR) is 100 cm³/mol. The van der Waals surface area contributed by atoms with Gasteiger partial charge >= 0.3 is 0 Å². The van der Waals surface area contributed by atoms with Crippen molar-refractivity contribution >= 4 is 11.6 Å². The minimum Gasteiger partial charge on any atom is -0.338 e. The van der Waals surface area contributed by atoms with Crippen molar-refractivity contribution in [3.63, 3.8) is 0 Å². The van der Waals surface area contributed by atoms with Crippen LogP contribution >= 0.6 is 0 Å². The van der Waals surface area contributed by atoms with Crippen LogP contribution in [0.25, 0.3) is 5.65 Å². The van der Waals surface area contributed by atoms with E-state index in [1.165, 1.54) is 11.1 Å². The van der Waals surface area contributed by atoms with Gasteiger partial charge in [0.1, 0.15) is 0 Å². The van der Waals surface area contributed by atoms with Crippen molar-refractivity contribution in [3.8, 4) is 0 Å². The largest absolute Gasteiger partial charge is 0.338 e. The van der Waals surface area contributed by atoms with Gasteiger partial charge in [-0.15, -0.1) is 5.10 Å². The van der Waals surface area contributed by atoms with Gasteiger partial charge in [0.05, 0.1) is 5.56 Å². The van der Waals surface area contributed by atoms with E-state index in [-0.39, 0.29) is 5.91 Å². The van der Waals surface area contributed by atoms with Gasteiger partial charge in [-0.1, -0.05) is 24.3 Å². The monoisotopic (exact) mass is 362 g/mol. The van der Waals surface area contributed by atoms with Crippen molar-refractivity contribution in [1.82, 2.24) is 29.8 Å². The second-order valence-corrected chi connectivity index (χ2v) is 7.41. The van der Waals surface area contributed by atoms with Crippen LogP contribution in [0.15, 0.2) is 42.6 Å². The molecule has 2 aliphatic rings. The van der Waals surface area contributed by atoms with Crippen LogP contribution in [0, 0.1) is 0 Å². The highest BCUT2D eigenvalue weighted by Crippen LogP contribution is 2.25. The van der Waals surface area contributed by atoms with Gasteiger partial charge in [0, 0.05) is 38.4 Å². The van der Waals surface area contributed by atoms with Crippen LogP contribution in [0.3, 0.4) is 0 Å². The number of tetrazole rings is 1. The van der Waals surface area contributed by atoms with Crippen LogP contribution in [0.5, 0.6) is 0 Å². The van der Waals surface area contributed by atoms with Gasteiger partial charge in [-0.2, -0.15) is 4.52 Å². The summed E-state index contributed by atoms with van der Waals surface area (Å²) in [4.78, 5) is 17.4. The summed E-state index contributed by atoms with van der Waals surface area (Å²) in [6, 6.07) is 12.9. The Hall–Kier alpha value is -2.80. The lowest BCUT2D eigenvalue weighted by Crippen LogP contribution is -2.48. The number of benzene rings is 1. The van der Waals surface area contributed by atoms with Gasteiger partial charge in [-0.3, -0.25) is 9.69 Å². The number of carbonyl (C=O) groups excluding carboxylic acids is 1. The third kappa shape index (κ3) is 3.08. The first-order valence-corrected chi connectivity index (χ1v) is 9.56. The first-order chi connectivity index (χ1) is 13.3. The Morgan fingerprint density at radius 3 is 2.67 bits per heavy atom. The maximum Gasteiger partial charge on any atom is 0.255 e. The Kier molecular flexibility index (Phi) is 4.09. The summed E-state index contributed by atoms with van der Waals surface area (Å²) < 4.78 is 1.55. The summed E-state index contributed by atoms with van der Waals surface area (Å²) in [6.07, 6.45) is 4.90. The van der Waals surface area contributed by atoms with Crippen molar-refractivity contribution in [2.45, 2.75) is 31.8 Å². The van der Waals surface area contributed by atoms with E-state index in [2.05, 4.69) is 44.7 Å². The first kappa shape index (κ1) is 16.4. The van der Waals surface area contributed by atoms with E-state index in [0.717, 1.165) is 45.4 Å². The molecule has 0 unspecified atom stereocenters. The zero-order valence-corrected chi connectivity index (χ0v) is 15.2. The first-order valence-electron chi connectivity index (χ1n) is 9.56. The lowest BCUT2D eigenvalue weighted by molar-refractivity contribution is 0.0599. The molecule has 5 rings (SSSR count). The fraction of sp³-hybridized carbons (Fsp3) is 0.400. The van der Waals surface area contributed by atoms with E-state index in [4.69, 9.17) is 0 Å². The van der Waals surface area contributed by atoms with Gasteiger partial charge < -0.3 is 4.90 Å². The number of nitrogens with zero attached hydrogens (tertiary/aromatic N) is 6. The summed E-state index contributed by atoms with van der Waals surface area (Å²) in [7, 11) is 0. The van der Waals surface area contributed by atoms with Gasteiger partial charge in [0.15, 0.2) is 5.65 Å². The van der Waals surface area contributed by atoms with E-state index in [1.54, 1.807) is 16.8 Å². The van der Waals surface area contributed by atoms with Crippen LogP contribution in [0.4, 0.5) is 0 Å². The van der Waals surface area contributed by atoms with E-state index < -0.39 is 0 Å². The second kappa shape index (κ2) is 6.74. The fourth-order valence-electron chi connectivity index (χ4n) is 4.31. The van der Waals surface area contributed by atoms with Gasteiger partial charge in [0.2, 0.25) is 0 Å². The quantitative estimate of drug-likeness (QED) is 0.695. The van der Waals surface area contributed by atoms with E-state index >= 15 is 0 Å². The number of piperidine rings is 1. The molecule has 2 aromatic heterocycles. The Labute approximate surface area is 157 Å². The smallest absolute Gasteiger partial charge is 0.255 e. The van der Waals surface area contributed by atoms with Crippen LogP contribution in [0.1, 0.15) is 34.3 Å². The standard InChI is InChI=1S/C20H22N6O/c27-20(17-5-6-19-21-22-23-26(19)14-17)24-11-8-18(9-12-24)25-10-7-15-3-1-2-4-16(15)13-25/h1-6,14,18H,7-13H2. The molecule has 0 radical (unpaired) electrons. The number of hydrogen-bond acceptors (Lipinski definition) is 5. The van der Waals surface area contributed by atoms with E-state index in [0.29, 0.717) is 17.3 Å². The molecule has 1 fully saturated rings. The summed E-state index contributed by atoms with van der Waals surface area (Å²) in [5.41, 5.74) is 4.23. The minimum atomic E-state index is 0.0647. The number of rotatable bonds is 2. The van der Waals surface area contributed by atoms with Crippen LogP contribution in [-0.4, -0.2) is 61.4 Å². The van der Waals surface area contributed by atoms with Gasteiger partial charge in [0.25, 0.3) is 5.91 Å². The topological polar surface area (TPSA) is 66.6 Å². The fourth-order valence-corrected chi connectivity index (χ4v) is 4.31. The molecule has 1 aromatic carbocycles. The van der Waals surface area contributed by atoms with Gasteiger partial charge in [-0.05, 0) is 52.9 Å². The maximum atomic E-state index is 12.8. The van der Waals surface area contributed by atoms with Crippen LogP contribution in [-0.2, 0) is 13.0 Å². The lowest BCUT2D eigenvalue weighted by Gasteiger charge is -2.40. The lowest BCUT2D eigenvalue weighted by atomic mass is 9.95. The zero-order valence-electron chi connectivity index (χ0n) is 15.2. The van der Waals surface area contributed by atoms with Crippen LogP contribution in [0.2, 0.25) is 0 Å². The number of aromatic nitrogens is 4. The Bertz CT molecular complexity index is 975. The van der Waals surface area contributed by atoms with E-state index in [1.807, 2.05) is 11.0 Å². The van der Waals surface area contributed by atoms with Crippen molar-refractivity contribution in [2.24, 2.45) is 0 Å². The molecule has 7 nitrogen and oxygen atoms in total. The number of hydrogen-bond donors (Lipinski definition) is 0. The number of likely N-dealkylation sites (tertiary alicyclic amines) is 1. The highest BCUT2D eigenvalue weighted by molar-refractivity contribution is 5.94. The molecule has 0 saturated carbocycles. The number of carbonyl (C=O) groups is 1. The molecule has 0 N–H and O–H groups in total. The molecule has 2 aliphatic heterocycles. The van der Waals surface area contributed by atoms with Gasteiger partial charge in [-0.25, -0.2) is 0 Å². The molecular formula is C20H22N6O. The van der Waals surface area contributed by atoms with Crippen molar-refractivity contribution in [2.75, 3.05) is 19.6 Å². The molecule has 0 spiro atoms. The third-order valence-electron chi connectivity index (χ3n) is 5.87. The average molecular weight is 362 g/mol. The molecule has 27 heavy (non-hydrogen) atoms. The molecule has 0 atom stereocenters. The summed E-state index contributed by atoms with van der Waals surface area (Å²) in [6.45, 7) is 3.75. The minimum absolute atomic E-state index is 0.0647. The third-order valence-corrected chi connectivity index (χ3v) is 5.87. The molecule has 0 aliphatic carbocycles. The molecule has 4 heterocycles. The molecule has 7 heteroatoms. The van der Waals surface area contributed by atoms with Crippen molar-refractivity contribution in [3.05, 3.63) is 59.3 Å². The number of pyridine rings is 1. The highest BCUT2D eigenvalue weighted by Gasteiger charge is 2.29. The van der Waals surface area contributed by atoms with Crippen molar-refractivity contribution in [1.29, 1.82) is 0 Å². The Morgan fingerprint density at radius 1 is 1.00 bits per heavy atom. The summed E-state index contributed by atoms with van der Waals surface area (Å²) in [5.74, 6) is 0.0647. The molecule has 1 saturated heterocycles. The number of fused-ring (bicyclic) bond motifs is 2. The average Bonchev–Trinajstić information content (AvgIpc) is 3.21. The second-order valence-electron chi connectivity index (χ2n) is 7.41. The Morgan fingerprint density at radius 2 is 1.81 bits per heavy atom. The Balaban J connectivity index is 1.23. The molecule has 1 amide bonds. The SMILES string of the molecule is O=C(c1ccc2nnnn2c1)N1CCC(N2CCc3ccccc3C2)CC1. The zero-order chi connectivity index (χ0) is 18.2. The summed E-state index contributed by atoms with van der Waals surface area (Å²) in [5, 5.41) is 11.4. The molecule has 138 valence electrons. The normalized spacial score (nSPS) is 18.6. The summed E-state index contributed by atoms with van der Waals surface area (Å²) >= 11 is 0. The van der Waals surface area contributed by atoms with Crippen molar-refractivity contribution < 1.29 is 4.79 Å². The molecule has 0 bridgehead atoms. The van der Waals surface area contributed by atoms with Crippen LogP contribution < -0.4 is 0 Å². The maximum absolute atomic E-state index is 12.8.